The van der Waals surface area contributed by atoms with Crippen molar-refractivity contribution >= 4 is 87.5 Å². The second kappa shape index (κ2) is 34.2. The van der Waals surface area contributed by atoms with E-state index in [9.17, 15) is 0 Å². The molecule has 0 fully saturated rings. The highest BCUT2D eigenvalue weighted by atomic mass is 16.3. The van der Waals surface area contributed by atoms with E-state index in [4.69, 9.17) is 38.7 Å². The Morgan fingerprint density at radius 3 is 0.853 bits per heavy atom. The van der Waals surface area contributed by atoms with Gasteiger partial charge in [-0.05, 0) is 181 Å². The summed E-state index contributed by atoms with van der Waals surface area (Å²) in [6.07, 6.45) is 0. The van der Waals surface area contributed by atoms with E-state index >= 15 is 0 Å². The molecule has 0 aliphatic heterocycles. The summed E-state index contributed by atoms with van der Waals surface area (Å²) in [5.41, 5.74) is 33.0. The fourth-order valence-corrected chi connectivity index (χ4v) is 19.8. The molecule has 10 nitrogen and oxygen atoms in total. The average Bonchev–Trinajstić information content (AvgIpc) is 1.56. The maximum absolute atomic E-state index is 7.06. The summed E-state index contributed by atoms with van der Waals surface area (Å²) in [4.78, 5) is 31.3. The van der Waals surface area contributed by atoms with Gasteiger partial charge in [0.05, 0.1) is 22.1 Å². The first-order valence-corrected chi connectivity index (χ1v) is 45.9. The molecule has 0 spiro atoms. The van der Waals surface area contributed by atoms with Crippen molar-refractivity contribution in [2.45, 2.75) is 0 Å². The van der Waals surface area contributed by atoms with Crippen molar-refractivity contribution in [2.75, 3.05) is 0 Å². The standard InChI is InChI=1S/2C63H40N4O/c1-6-19-41(20-7-1)48-35-33-45(39-53(48)42-21-8-2-9-22-42)46-34-36-49(54(40-46)63-65-61(43-23-10-3-11-24-43)64-62(66-63)44-25-12-4-13-26-44)50-30-18-31-52-59-57(68-60(50)52)38-37-56-58(59)51-29-16-17-32-55(51)67(56)47-27-14-5-15-28-47;1-6-18-41(19-7-1)49-33-30-45(38-53(49)42-20-8-2-9-21-42)46-31-34-50(54(39-46)63-65-61(43-22-10-3-11-23-43)64-62(66-63)44-24-12-4-13-25-44)47-32-35-52-58(40-47)68-57-37-36-56-59(60(52)57)51-28-16-17-29-55(51)67(56)48-26-14-5-15-27-48/h2*1-40H. The van der Waals surface area contributed by atoms with E-state index in [2.05, 4.69) is 397 Å². The van der Waals surface area contributed by atoms with Gasteiger partial charge in [-0.15, -0.1) is 0 Å². The van der Waals surface area contributed by atoms with Crippen molar-refractivity contribution in [1.82, 2.24) is 39.0 Å². The Hall–Kier alpha value is -18.4. The van der Waals surface area contributed by atoms with Gasteiger partial charge in [0.1, 0.15) is 22.3 Å². The van der Waals surface area contributed by atoms with Crippen LogP contribution in [0.5, 0.6) is 0 Å². The number of furan rings is 2. The van der Waals surface area contributed by atoms with Gasteiger partial charge in [-0.25, -0.2) is 29.9 Å². The van der Waals surface area contributed by atoms with E-state index < -0.39 is 0 Å². The summed E-state index contributed by atoms with van der Waals surface area (Å²) in [5.74, 6) is 3.57. The molecule has 6 aromatic heterocycles. The third-order valence-corrected chi connectivity index (χ3v) is 26.2. The lowest BCUT2D eigenvalue weighted by Gasteiger charge is -2.16. The van der Waals surface area contributed by atoms with Crippen LogP contribution in [-0.4, -0.2) is 39.0 Å². The molecule has 636 valence electrons. The third kappa shape index (κ3) is 14.4. The maximum Gasteiger partial charge on any atom is 0.164 e. The summed E-state index contributed by atoms with van der Waals surface area (Å²) in [6.45, 7) is 0. The van der Waals surface area contributed by atoms with Gasteiger partial charge in [-0.3, -0.25) is 0 Å². The number of hydrogen-bond donors (Lipinski definition) is 0. The Morgan fingerprint density at radius 2 is 0.449 bits per heavy atom. The van der Waals surface area contributed by atoms with Gasteiger partial charge in [0.15, 0.2) is 34.9 Å². The molecule has 0 radical (unpaired) electrons. The number of aromatic nitrogens is 8. The van der Waals surface area contributed by atoms with E-state index in [0.29, 0.717) is 34.9 Å². The van der Waals surface area contributed by atoms with Gasteiger partial charge in [0.25, 0.3) is 0 Å². The normalized spacial score (nSPS) is 11.5. The number of rotatable bonds is 16. The monoisotopic (exact) mass is 1740 g/mol. The molecule has 26 rings (SSSR count). The van der Waals surface area contributed by atoms with Crippen LogP contribution in [-0.2, 0) is 0 Å². The van der Waals surface area contributed by atoms with Gasteiger partial charge in [0.2, 0.25) is 0 Å². The number of nitrogens with zero attached hydrogens (tertiary/aromatic N) is 8. The van der Waals surface area contributed by atoms with Gasteiger partial charge >= 0.3 is 0 Å². The van der Waals surface area contributed by atoms with Gasteiger partial charge in [0, 0.05) is 93.4 Å². The summed E-state index contributed by atoms with van der Waals surface area (Å²) in [7, 11) is 0. The Balaban J connectivity index is 0.000000145. The molecular formula is C126H80N8O2. The molecule has 10 heteroatoms. The molecule has 136 heavy (non-hydrogen) atoms. The van der Waals surface area contributed by atoms with Crippen LogP contribution in [0, 0.1) is 0 Å². The highest BCUT2D eigenvalue weighted by molar-refractivity contribution is 6.30. The largest absolute Gasteiger partial charge is 0.456 e. The van der Waals surface area contributed by atoms with Crippen molar-refractivity contribution < 1.29 is 8.83 Å². The minimum Gasteiger partial charge on any atom is -0.456 e. The Kier molecular flexibility index (Phi) is 20.0. The molecule has 6 heterocycles. The Labute approximate surface area is 784 Å². The number of para-hydroxylation sites is 5. The van der Waals surface area contributed by atoms with Crippen LogP contribution in [0.25, 0.3) is 256 Å². The topological polar surface area (TPSA) is 113 Å². The molecule has 0 saturated heterocycles. The highest BCUT2D eigenvalue weighted by Gasteiger charge is 2.28. The zero-order valence-corrected chi connectivity index (χ0v) is 73.6. The molecular weight excluding hydrogens is 1660 g/mol. The molecule has 0 aliphatic rings. The SMILES string of the molecule is c1ccc(-c2nc(-c3ccccc3)nc(-c3cc(-c4ccc(-c5ccccc5)c(-c5ccccc5)c4)ccc3-c3ccc4c(c3)oc3ccc5c(c6ccccc6n5-c5ccccc5)c34)n2)cc1.c1ccc(-c2nc(-c3ccccc3)nc(-c3cc(-c4ccc(-c5ccccc5)c(-c5ccccc5)c4)ccc3-c3cccc4c3oc3ccc5c(c6ccccc6n5-c5ccccc5)c34)n2)cc1. The van der Waals surface area contributed by atoms with Crippen molar-refractivity contribution in [3.8, 4) is 169 Å². The summed E-state index contributed by atoms with van der Waals surface area (Å²) < 4.78 is 18.6. The molecule has 0 N–H and O–H groups in total. The lowest BCUT2D eigenvalue weighted by molar-refractivity contribution is 0.669. The van der Waals surface area contributed by atoms with Crippen LogP contribution < -0.4 is 0 Å². The number of benzene rings is 20. The van der Waals surface area contributed by atoms with Crippen LogP contribution in [0.2, 0.25) is 0 Å². The summed E-state index contributed by atoms with van der Waals surface area (Å²) in [5, 5.41) is 9.02. The summed E-state index contributed by atoms with van der Waals surface area (Å²) in [6, 6.07) is 170. The van der Waals surface area contributed by atoms with Crippen molar-refractivity contribution in [1.29, 1.82) is 0 Å². The number of hydrogen-bond acceptors (Lipinski definition) is 8. The van der Waals surface area contributed by atoms with Crippen LogP contribution in [0.15, 0.2) is 494 Å². The van der Waals surface area contributed by atoms with Crippen molar-refractivity contribution in [3.63, 3.8) is 0 Å². The van der Waals surface area contributed by atoms with Gasteiger partial charge in [-0.1, -0.05) is 388 Å². The van der Waals surface area contributed by atoms with Crippen LogP contribution in [0.1, 0.15) is 0 Å². The minimum absolute atomic E-state index is 0.570. The lowest BCUT2D eigenvalue weighted by atomic mass is 9.89. The second-order valence-electron chi connectivity index (χ2n) is 34.2. The summed E-state index contributed by atoms with van der Waals surface area (Å²) >= 11 is 0. The highest BCUT2D eigenvalue weighted by Crippen LogP contribution is 2.50. The first kappa shape index (κ1) is 79.8. The molecule has 0 saturated carbocycles. The van der Waals surface area contributed by atoms with Crippen LogP contribution >= 0.6 is 0 Å². The van der Waals surface area contributed by atoms with Gasteiger partial charge in [-0.2, -0.15) is 0 Å². The predicted molar refractivity (Wildman–Crippen MR) is 559 cm³/mol. The lowest BCUT2D eigenvalue weighted by Crippen LogP contribution is -2.01. The van der Waals surface area contributed by atoms with E-state index in [1.165, 1.54) is 43.8 Å². The second-order valence-corrected chi connectivity index (χ2v) is 34.2. The fraction of sp³-hybridized carbons (Fsp3) is 0. The molecule has 26 aromatic rings. The molecule has 20 aromatic carbocycles. The third-order valence-electron chi connectivity index (χ3n) is 26.2. The molecule has 0 unspecified atom stereocenters. The number of fused-ring (bicyclic) bond motifs is 14. The maximum atomic E-state index is 7.06. The quantitative estimate of drug-likeness (QED) is 0.0940. The van der Waals surface area contributed by atoms with E-state index in [1.54, 1.807) is 0 Å². The molecule has 0 aliphatic carbocycles. The van der Waals surface area contributed by atoms with E-state index in [0.717, 1.165) is 177 Å². The smallest absolute Gasteiger partial charge is 0.164 e. The van der Waals surface area contributed by atoms with Gasteiger partial charge < -0.3 is 18.0 Å². The molecule has 0 atom stereocenters. The van der Waals surface area contributed by atoms with E-state index in [1.807, 2.05) is 97.1 Å². The zero-order chi connectivity index (χ0) is 89.9. The Morgan fingerprint density at radius 1 is 0.147 bits per heavy atom. The minimum atomic E-state index is 0.570. The predicted octanol–water partition coefficient (Wildman–Crippen LogP) is 33.1. The van der Waals surface area contributed by atoms with Crippen LogP contribution in [0.4, 0.5) is 0 Å². The fourth-order valence-electron chi connectivity index (χ4n) is 19.8. The zero-order valence-electron chi connectivity index (χ0n) is 73.6. The van der Waals surface area contributed by atoms with Crippen molar-refractivity contribution in [3.05, 3.63) is 485 Å². The molecule has 0 amide bonds. The van der Waals surface area contributed by atoms with Crippen LogP contribution in [0.3, 0.4) is 0 Å². The van der Waals surface area contributed by atoms with E-state index in [-0.39, 0.29) is 0 Å². The first-order valence-electron chi connectivity index (χ1n) is 45.9. The Bertz CT molecular complexity index is 8930. The van der Waals surface area contributed by atoms with Crippen molar-refractivity contribution in [2.24, 2.45) is 0 Å². The first-order chi connectivity index (χ1) is 67.4. The average molecular weight is 1740 g/mol. The molecule has 0 bridgehead atoms.